The molecule has 0 radical (unpaired) electrons. The second-order valence-electron chi connectivity index (χ2n) is 5.73. The van der Waals surface area contributed by atoms with Crippen LogP contribution < -0.4 is 16.0 Å². The molecular weight excluding hydrogens is 282 g/mol. The summed E-state index contributed by atoms with van der Waals surface area (Å²) < 4.78 is 0. The van der Waals surface area contributed by atoms with Crippen LogP contribution in [0, 0.1) is 0 Å². The van der Waals surface area contributed by atoms with E-state index in [1.807, 2.05) is 37.2 Å². The van der Waals surface area contributed by atoms with Gasteiger partial charge in [0.15, 0.2) is 0 Å². The van der Waals surface area contributed by atoms with Crippen LogP contribution in [-0.4, -0.2) is 14.1 Å². The zero-order valence-corrected chi connectivity index (χ0v) is 13.1. The molecule has 2 aromatic rings. The summed E-state index contributed by atoms with van der Waals surface area (Å²) in [7, 11) is 3.97. The molecule has 0 spiro atoms. The topological polar surface area (TPSA) is 41.3 Å². The molecule has 3 N–H and O–H groups in total. The van der Waals surface area contributed by atoms with E-state index in [4.69, 9.17) is 17.3 Å². The Kier molecular flexibility index (Phi) is 3.79. The zero-order valence-electron chi connectivity index (χ0n) is 12.3. The van der Waals surface area contributed by atoms with Crippen molar-refractivity contribution in [2.24, 2.45) is 5.73 Å². The minimum atomic E-state index is 0.107. The summed E-state index contributed by atoms with van der Waals surface area (Å²) in [4.78, 5) is 2.01. The summed E-state index contributed by atoms with van der Waals surface area (Å²) in [6.45, 7) is 0. The Morgan fingerprint density at radius 3 is 2.52 bits per heavy atom. The third kappa shape index (κ3) is 2.71. The van der Waals surface area contributed by atoms with Gasteiger partial charge in [-0.05, 0) is 35.7 Å². The van der Waals surface area contributed by atoms with Gasteiger partial charge in [-0.25, -0.2) is 0 Å². The Balaban J connectivity index is 1.84. The SMILES string of the molecule is CN(C)c1ccc(NC2CC(N)c3ccccc32)cc1Cl. The number of nitrogens with zero attached hydrogens (tertiary/aromatic N) is 1. The molecule has 0 saturated heterocycles. The van der Waals surface area contributed by atoms with Crippen molar-refractivity contribution in [1.82, 2.24) is 0 Å². The third-order valence-corrected chi connectivity index (χ3v) is 4.33. The van der Waals surface area contributed by atoms with E-state index in [1.54, 1.807) is 0 Å². The van der Waals surface area contributed by atoms with Crippen molar-refractivity contribution in [1.29, 1.82) is 0 Å². The van der Waals surface area contributed by atoms with Crippen LogP contribution in [0.4, 0.5) is 11.4 Å². The summed E-state index contributed by atoms with van der Waals surface area (Å²) in [5, 5.41) is 4.30. The second-order valence-corrected chi connectivity index (χ2v) is 6.14. The van der Waals surface area contributed by atoms with Crippen LogP contribution in [-0.2, 0) is 0 Å². The quantitative estimate of drug-likeness (QED) is 0.901. The Bertz CT molecular complexity index is 654. The van der Waals surface area contributed by atoms with Crippen LogP contribution >= 0.6 is 11.6 Å². The maximum absolute atomic E-state index is 6.33. The van der Waals surface area contributed by atoms with Gasteiger partial charge in [-0.1, -0.05) is 35.9 Å². The fourth-order valence-corrected chi connectivity index (χ4v) is 3.32. The number of halogens is 1. The van der Waals surface area contributed by atoms with Crippen molar-refractivity contribution in [3.63, 3.8) is 0 Å². The standard InChI is InChI=1S/C17H20ClN3/c1-21(2)17-8-7-11(9-14(17)18)20-16-10-15(19)12-5-3-4-6-13(12)16/h3-9,15-16,20H,10,19H2,1-2H3. The van der Waals surface area contributed by atoms with E-state index in [9.17, 15) is 0 Å². The molecule has 0 aliphatic heterocycles. The van der Waals surface area contributed by atoms with Gasteiger partial charge < -0.3 is 16.0 Å². The normalized spacial score (nSPS) is 20.2. The minimum absolute atomic E-state index is 0.107. The third-order valence-electron chi connectivity index (χ3n) is 4.03. The summed E-state index contributed by atoms with van der Waals surface area (Å²) >= 11 is 6.33. The first-order chi connectivity index (χ1) is 10.1. The molecule has 0 amide bonds. The summed E-state index contributed by atoms with van der Waals surface area (Å²) in [6, 6.07) is 14.8. The molecule has 0 bridgehead atoms. The van der Waals surface area contributed by atoms with Crippen LogP contribution in [0.2, 0.25) is 5.02 Å². The van der Waals surface area contributed by atoms with E-state index in [1.165, 1.54) is 11.1 Å². The maximum Gasteiger partial charge on any atom is 0.0659 e. The van der Waals surface area contributed by atoms with E-state index < -0.39 is 0 Å². The lowest BCUT2D eigenvalue weighted by atomic mass is 10.1. The van der Waals surface area contributed by atoms with Crippen molar-refractivity contribution in [3.05, 3.63) is 58.6 Å². The molecule has 21 heavy (non-hydrogen) atoms. The number of nitrogens with one attached hydrogen (secondary N) is 1. The Morgan fingerprint density at radius 2 is 1.86 bits per heavy atom. The molecule has 2 unspecified atom stereocenters. The van der Waals surface area contributed by atoms with Crippen molar-refractivity contribution < 1.29 is 0 Å². The van der Waals surface area contributed by atoms with Crippen LogP contribution in [0.3, 0.4) is 0 Å². The summed E-state index contributed by atoms with van der Waals surface area (Å²) in [5.41, 5.74) is 10.8. The summed E-state index contributed by atoms with van der Waals surface area (Å²) in [6.07, 6.45) is 0.909. The highest BCUT2D eigenvalue weighted by atomic mass is 35.5. The fraction of sp³-hybridized carbons (Fsp3) is 0.294. The van der Waals surface area contributed by atoms with Crippen LogP contribution in [0.15, 0.2) is 42.5 Å². The van der Waals surface area contributed by atoms with Gasteiger partial charge in [0.05, 0.1) is 16.8 Å². The predicted molar refractivity (Wildman–Crippen MR) is 90.1 cm³/mol. The molecule has 1 aliphatic carbocycles. The number of anilines is 2. The van der Waals surface area contributed by atoms with Gasteiger partial charge in [0, 0.05) is 25.8 Å². The molecule has 0 saturated carbocycles. The smallest absolute Gasteiger partial charge is 0.0659 e. The van der Waals surface area contributed by atoms with Crippen LogP contribution in [0.25, 0.3) is 0 Å². The maximum atomic E-state index is 6.33. The molecule has 4 heteroatoms. The fourth-order valence-electron chi connectivity index (χ4n) is 2.97. The van der Waals surface area contributed by atoms with Gasteiger partial charge in [-0.3, -0.25) is 0 Å². The number of hydrogen-bond donors (Lipinski definition) is 2. The van der Waals surface area contributed by atoms with Gasteiger partial charge in [0.2, 0.25) is 0 Å². The average molecular weight is 302 g/mol. The molecular formula is C17H20ClN3. The molecule has 2 atom stereocenters. The lowest BCUT2D eigenvalue weighted by molar-refractivity contribution is 0.648. The number of fused-ring (bicyclic) bond motifs is 1. The molecule has 0 fully saturated rings. The number of nitrogens with two attached hydrogens (primary N) is 1. The van der Waals surface area contributed by atoms with Gasteiger partial charge in [0.25, 0.3) is 0 Å². The first-order valence-corrected chi connectivity index (χ1v) is 7.52. The second kappa shape index (κ2) is 5.58. The molecule has 0 heterocycles. The molecule has 2 aromatic carbocycles. The van der Waals surface area contributed by atoms with Crippen molar-refractivity contribution in [2.45, 2.75) is 18.5 Å². The van der Waals surface area contributed by atoms with Crippen molar-refractivity contribution in [2.75, 3.05) is 24.3 Å². The predicted octanol–water partition coefficient (Wildman–Crippen LogP) is 3.96. The lowest BCUT2D eigenvalue weighted by Gasteiger charge is -2.19. The van der Waals surface area contributed by atoms with Gasteiger partial charge >= 0.3 is 0 Å². The highest BCUT2D eigenvalue weighted by Gasteiger charge is 2.28. The van der Waals surface area contributed by atoms with Crippen LogP contribution in [0.5, 0.6) is 0 Å². The minimum Gasteiger partial charge on any atom is -0.378 e. The highest BCUT2D eigenvalue weighted by molar-refractivity contribution is 6.33. The molecule has 0 aromatic heterocycles. The van der Waals surface area contributed by atoms with Gasteiger partial charge in [0.1, 0.15) is 0 Å². The number of hydrogen-bond acceptors (Lipinski definition) is 3. The van der Waals surface area contributed by atoms with Crippen molar-refractivity contribution in [3.8, 4) is 0 Å². The van der Waals surface area contributed by atoms with E-state index in [0.717, 1.165) is 22.8 Å². The lowest BCUT2D eigenvalue weighted by Crippen LogP contribution is -2.11. The Labute approximate surface area is 130 Å². The molecule has 3 rings (SSSR count). The monoisotopic (exact) mass is 301 g/mol. The van der Waals surface area contributed by atoms with E-state index in [0.29, 0.717) is 0 Å². The van der Waals surface area contributed by atoms with Crippen LogP contribution in [0.1, 0.15) is 29.6 Å². The highest BCUT2D eigenvalue weighted by Crippen LogP contribution is 2.39. The Morgan fingerprint density at radius 1 is 1.14 bits per heavy atom. The van der Waals surface area contributed by atoms with E-state index >= 15 is 0 Å². The zero-order chi connectivity index (χ0) is 15.0. The van der Waals surface area contributed by atoms with E-state index in [2.05, 4.69) is 29.6 Å². The average Bonchev–Trinajstić information content (AvgIpc) is 2.76. The van der Waals surface area contributed by atoms with Gasteiger partial charge in [-0.2, -0.15) is 0 Å². The number of rotatable bonds is 3. The van der Waals surface area contributed by atoms with E-state index in [-0.39, 0.29) is 12.1 Å². The van der Waals surface area contributed by atoms with Crippen molar-refractivity contribution >= 4 is 23.0 Å². The first-order valence-electron chi connectivity index (χ1n) is 7.14. The Hall–Kier alpha value is -1.71. The largest absolute Gasteiger partial charge is 0.378 e. The first kappa shape index (κ1) is 14.2. The summed E-state index contributed by atoms with van der Waals surface area (Å²) in [5.74, 6) is 0. The number of benzene rings is 2. The molecule has 110 valence electrons. The molecule has 3 nitrogen and oxygen atoms in total. The van der Waals surface area contributed by atoms with Gasteiger partial charge in [-0.15, -0.1) is 0 Å². The molecule has 1 aliphatic rings.